The molecule has 0 aromatic heterocycles. The van der Waals surface area contributed by atoms with Crippen molar-refractivity contribution < 1.29 is 4.74 Å². The summed E-state index contributed by atoms with van der Waals surface area (Å²) in [6.07, 6.45) is 6.76. The third-order valence-corrected chi connectivity index (χ3v) is 4.44. The summed E-state index contributed by atoms with van der Waals surface area (Å²) >= 11 is 0. The number of nitrogens with two attached hydrogens (primary N) is 1. The van der Waals surface area contributed by atoms with Gasteiger partial charge >= 0.3 is 0 Å². The number of rotatable bonds is 5. The maximum absolute atomic E-state index is 5.94. The average molecular weight is 267 g/mol. The van der Waals surface area contributed by atoms with Crippen LogP contribution in [-0.2, 0) is 4.74 Å². The Kier molecular flexibility index (Phi) is 5.49. The second kappa shape index (κ2) is 7.13. The Hall–Kier alpha value is -0.770. The van der Waals surface area contributed by atoms with Gasteiger partial charge in [0.25, 0.3) is 0 Å². The number of ether oxygens (including phenoxy) is 1. The quantitative estimate of drug-likeness (QED) is 0.592. The average Bonchev–Trinajstić information content (AvgIpc) is 2.34. The van der Waals surface area contributed by atoms with Crippen molar-refractivity contribution in [2.45, 2.75) is 52.1 Å². The van der Waals surface area contributed by atoms with Gasteiger partial charge in [-0.2, -0.15) is 0 Å². The molecule has 2 atom stereocenters. The maximum atomic E-state index is 5.94. The Bertz CT molecular complexity index is 300. The van der Waals surface area contributed by atoms with E-state index in [9.17, 15) is 0 Å². The molecule has 2 aliphatic rings. The summed E-state index contributed by atoms with van der Waals surface area (Å²) in [6.45, 7) is 7.16. The van der Waals surface area contributed by atoms with Gasteiger partial charge in [0.1, 0.15) is 0 Å². The third-order valence-electron chi connectivity index (χ3n) is 4.44. The van der Waals surface area contributed by atoms with E-state index in [2.05, 4.69) is 24.2 Å². The van der Waals surface area contributed by atoms with Gasteiger partial charge in [0.05, 0.1) is 6.10 Å². The van der Waals surface area contributed by atoms with E-state index in [1.54, 1.807) is 0 Å². The zero-order valence-corrected chi connectivity index (χ0v) is 12.4. The first-order valence-electron chi connectivity index (χ1n) is 7.82. The number of guanidine groups is 1. The lowest BCUT2D eigenvalue weighted by molar-refractivity contribution is -0.0504. The van der Waals surface area contributed by atoms with Crippen LogP contribution in [0.3, 0.4) is 0 Å². The van der Waals surface area contributed by atoms with Gasteiger partial charge in [-0.3, -0.25) is 4.99 Å². The van der Waals surface area contributed by atoms with Gasteiger partial charge < -0.3 is 15.8 Å². The molecule has 0 spiro atoms. The summed E-state index contributed by atoms with van der Waals surface area (Å²) in [6, 6.07) is 0. The Morgan fingerprint density at radius 2 is 2.11 bits per heavy atom. The number of hydrogen-bond acceptors (Lipinski definition) is 2. The lowest BCUT2D eigenvalue weighted by Gasteiger charge is -2.34. The molecule has 1 aliphatic heterocycles. The Balaban J connectivity index is 1.72. The van der Waals surface area contributed by atoms with Crippen molar-refractivity contribution in [3.63, 3.8) is 0 Å². The smallest absolute Gasteiger partial charge is 0.188 e. The van der Waals surface area contributed by atoms with Crippen LogP contribution in [0.25, 0.3) is 0 Å². The molecular weight excluding hydrogens is 238 g/mol. The highest BCUT2D eigenvalue weighted by Gasteiger charge is 2.28. The molecule has 1 heterocycles. The molecule has 0 amide bonds. The van der Waals surface area contributed by atoms with Crippen molar-refractivity contribution in [2.75, 3.05) is 19.7 Å². The molecule has 0 aromatic rings. The zero-order valence-electron chi connectivity index (χ0n) is 12.4. The summed E-state index contributed by atoms with van der Waals surface area (Å²) in [7, 11) is 0. The standard InChI is InChI=1S/C15H29N3O/c1-11(2)14-13(7-4-8-19-14)10-18-15(16)17-9-12-5-3-6-12/h11-14H,3-10H2,1-2H3,(H3,16,17,18). The van der Waals surface area contributed by atoms with Crippen molar-refractivity contribution >= 4 is 5.96 Å². The minimum atomic E-state index is 0.362. The molecular formula is C15H29N3O. The molecule has 1 aliphatic carbocycles. The van der Waals surface area contributed by atoms with E-state index in [1.165, 1.54) is 25.7 Å². The van der Waals surface area contributed by atoms with E-state index in [4.69, 9.17) is 10.5 Å². The van der Waals surface area contributed by atoms with Crippen LogP contribution in [-0.4, -0.2) is 31.8 Å². The highest BCUT2D eigenvalue weighted by Crippen LogP contribution is 2.26. The van der Waals surface area contributed by atoms with Gasteiger partial charge in [0, 0.05) is 25.6 Å². The van der Waals surface area contributed by atoms with Crippen LogP contribution in [0.15, 0.2) is 4.99 Å². The van der Waals surface area contributed by atoms with Crippen molar-refractivity contribution in [3.05, 3.63) is 0 Å². The first-order chi connectivity index (χ1) is 9.16. The molecule has 19 heavy (non-hydrogen) atoms. The monoisotopic (exact) mass is 267 g/mol. The molecule has 2 unspecified atom stereocenters. The lowest BCUT2D eigenvalue weighted by atomic mass is 9.86. The molecule has 0 aromatic carbocycles. The van der Waals surface area contributed by atoms with Gasteiger partial charge in [0.2, 0.25) is 0 Å². The summed E-state index contributed by atoms with van der Waals surface area (Å²) in [5.74, 6) is 2.52. The fraction of sp³-hybridized carbons (Fsp3) is 0.933. The first-order valence-corrected chi connectivity index (χ1v) is 7.82. The Morgan fingerprint density at radius 3 is 2.74 bits per heavy atom. The fourth-order valence-electron chi connectivity index (χ4n) is 3.01. The van der Waals surface area contributed by atoms with E-state index < -0.39 is 0 Å². The summed E-state index contributed by atoms with van der Waals surface area (Å²) in [5, 5.41) is 3.29. The number of nitrogens with one attached hydrogen (secondary N) is 1. The third kappa shape index (κ3) is 4.37. The minimum absolute atomic E-state index is 0.362. The van der Waals surface area contributed by atoms with Gasteiger partial charge in [-0.25, -0.2) is 0 Å². The summed E-state index contributed by atoms with van der Waals surface area (Å²) in [4.78, 5) is 4.44. The molecule has 2 fully saturated rings. The van der Waals surface area contributed by atoms with Gasteiger partial charge in [-0.15, -0.1) is 0 Å². The minimum Gasteiger partial charge on any atom is -0.378 e. The van der Waals surface area contributed by atoms with Crippen LogP contribution in [0.5, 0.6) is 0 Å². The molecule has 4 nitrogen and oxygen atoms in total. The molecule has 0 radical (unpaired) electrons. The molecule has 2 rings (SSSR count). The van der Waals surface area contributed by atoms with Crippen LogP contribution in [0.1, 0.15) is 46.0 Å². The van der Waals surface area contributed by atoms with Crippen LogP contribution >= 0.6 is 0 Å². The number of aliphatic imine (C=N–C) groups is 1. The van der Waals surface area contributed by atoms with E-state index in [0.29, 0.717) is 23.9 Å². The van der Waals surface area contributed by atoms with Crippen LogP contribution in [0.2, 0.25) is 0 Å². The highest BCUT2D eigenvalue weighted by molar-refractivity contribution is 5.77. The first kappa shape index (κ1) is 14.6. The van der Waals surface area contributed by atoms with E-state index >= 15 is 0 Å². The SMILES string of the molecule is CC(C)C1OCCCC1CNC(N)=NCC1CCC1. The van der Waals surface area contributed by atoms with Crippen LogP contribution in [0.4, 0.5) is 0 Å². The van der Waals surface area contributed by atoms with E-state index in [1.807, 2.05) is 0 Å². The van der Waals surface area contributed by atoms with Crippen molar-refractivity contribution in [1.82, 2.24) is 5.32 Å². The largest absolute Gasteiger partial charge is 0.378 e. The molecule has 1 saturated heterocycles. The number of hydrogen-bond donors (Lipinski definition) is 2. The Morgan fingerprint density at radius 1 is 1.32 bits per heavy atom. The van der Waals surface area contributed by atoms with Crippen LogP contribution in [0, 0.1) is 17.8 Å². The second-order valence-corrected chi connectivity index (χ2v) is 6.39. The van der Waals surface area contributed by atoms with Gasteiger partial charge in [-0.1, -0.05) is 20.3 Å². The van der Waals surface area contributed by atoms with E-state index in [-0.39, 0.29) is 0 Å². The Labute approximate surface area is 117 Å². The van der Waals surface area contributed by atoms with Crippen molar-refractivity contribution in [3.8, 4) is 0 Å². The topological polar surface area (TPSA) is 59.6 Å². The fourth-order valence-corrected chi connectivity index (χ4v) is 3.01. The molecule has 3 N–H and O–H groups in total. The maximum Gasteiger partial charge on any atom is 0.188 e. The van der Waals surface area contributed by atoms with Gasteiger partial charge in [-0.05, 0) is 37.5 Å². The summed E-state index contributed by atoms with van der Waals surface area (Å²) in [5.41, 5.74) is 5.94. The lowest BCUT2D eigenvalue weighted by Crippen LogP contribution is -2.43. The molecule has 1 saturated carbocycles. The summed E-state index contributed by atoms with van der Waals surface area (Å²) < 4.78 is 5.89. The second-order valence-electron chi connectivity index (χ2n) is 6.39. The molecule has 0 bridgehead atoms. The van der Waals surface area contributed by atoms with Crippen LogP contribution < -0.4 is 11.1 Å². The highest BCUT2D eigenvalue weighted by atomic mass is 16.5. The predicted molar refractivity (Wildman–Crippen MR) is 79.1 cm³/mol. The van der Waals surface area contributed by atoms with Crippen molar-refractivity contribution in [1.29, 1.82) is 0 Å². The predicted octanol–water partition coefficient (Wildman–Crippen LogP) is 2.14. The zero-order chi connectivity index (χ0) is 13.7. The van der Waals surface area contributed by atoms with Crippen molar-refractivity contribution in [2.24, 2.45) is 28.5 Å². The van der Waals surface area contributed by atoms with Gasteiger partial charge in [0.15, 0.2) is 5.96 Å². The molecule has 4 heteroatoms. The normalized spacial score (nSPS) is 29.3. The number of nitrogens with zero attached hydrogens (tertiary/aromatic N) is 1. The molecule has 110 valence electrons. The van der Waals surface area contributed by atoms with E-state index in [0.717, 1.165) is 32.0 Å².